The summed E-state index contributed by atoms with van der Waals surface area (Å²) in [5.74, 6) is 0.308. The number of nitrogens with zero attached hydrogens (tertiary/aromatic N) is 3. The van der Waals surface area contributed by atoms with E-state index in [0.717, 1.165) is 25.2 Å². The van der Waals surface area contributed by atoms with Gasteiger partial charge in [0, 0.05) is 55.0 Å². The number of amides is 1. The number of rotatable bonds is 3. The monoisotopic (exact) mass is 368 g/mol. The molecule has 0 spiro atoms. The van der Waals surface area contributed by atoms with Crippen LogP contribution in [0.15, 0.2) is 41.6 Å². The summed E-state index contributed by atoms with van der Waals surface area (Å²) in [6.07, 6.45) is 6.97. The molecule has 1 saturated heterocycles. The minimum atomic E-state index is -0.498. The van der Waals surface area contributed by atoms with Gasteiger partial charge >= 0.3 is 0 Å². The average molecular weight is 368 g/mol. The van der Waals surface area contributed by atoms with Crippen LogP contribution in [0.25, 0.3) is 10.9 Å². The van der Waals surface area contributed by atoms with E-state index < -0.39 is 11.2 Å². The number of carbonyl (C=O) groups is 1. The van der Waals surface area contributed by atoms with Crippen LogP contribution in [0.4, 0.5) is 4.39 Å². The van der Waals surface area contributed by atoms with Gasteiger partial charge in [0.15, 0.2) is 0 Å². The van der Waals surface area contributed by atoms with Crippen molar-refractivity contribution in [2.45, 2.75) is 32.2 Å². The Balaban J connectivity index is 1.63. The summed E-state index contributed by atoms with van der Waals surface area (Å²) in [5, 5.41) is 0.191. The first-order chi connectivity index (χ1) is 13.1. The summed E-state index contributed by atoms with van der Waals surface area (Å²) in [5.41, 5.74) is 0.123. The first kappa shape index (κ1) is 17.5. The van der Waals surface area contributed by atoms with Crippen molar-refractivity contribution in [2.24, 2.45) is 0 Å². The molecule has 1 aromatic carbocycles. The topological polar surface area (TPSA) is 71.0 Å². The summed E-state index contributed by atoms with van der Waals surface area (Å²) >= 11 is 0. The number of benzene rings is 1. The number of carbonyl (C=O) groups excluding carboxylic acids is 1. The highest BCUT2D eigenvalue weighted by molar-refractivity contribution is 5.97. The van der Waals surface area contributed by atoms with E-state index in [2.05, 4.69) is 21.5 Å². The van der Waals surface area contributed by atoms with Crippen LogP contribution in [0, 0.1) is 5.82 Å². The van der Waals surface area contributed by atoms with E-state index in [4.69, 9.17) is 0 Å². The maximum Gasteiger partial charge on any atom is 0.259 e. The van der Waals surface area contributed by atoms with Gasteiger partial charge in [-0.3, -0.25) is 9.59 Å². The van der Waals surface area contributed by atoms with Crippen LogP contribution in [0.5, 0.6) is 0 Å². The van der Waals surface area contributed by atoms with Crippen molar-refractivity contribution in [3.05, 3.63) is 64.2 Å². The molecule has 1 aliphatic rings. The Bertz CT molecular complexity index is 1060. The minimum Gasteiger partial charge on any atom is -0.360 e. The largest absolute Gasteiger partial charge is 0.360 e. The van der Waals surface area contributed by atoms with E-state index in [9.17, 15) is 14.0 Å². The second kappa shape index (κ2) is 6.98. The molecular formula is C20H21FN4O2. The maximum atomic E-state index is 13.5. The van der Waals surface area contributed by atoms with Gasteiger partial charge in [-0.25, -0.2) is 9.37 Å². The smallest absolute Gasteiger partial charge is 0.259 e. The number of likely N-dealkylation sites (tertiary alicyclic amines) is 1. The molecule has 6 nitrogen and oxygen atoms in total. The number of aromatic nitrogens is 3. The van der Waals surface area contributed by atoms with Crippen molar-refractivity contribution < 1.29 is 9.18 Å². The predicted molar refractivity (Wildman–Crippen MR) is 100 cm³/mol. The minimum absolute atomic E-state index is 0.0487. The zero-order chi connectivity index (χ0) is 19.0. The summed E-state index contributed by atoms with van der Waals surface area (Å²) < 4.78 is 15.6. The summed E-state index contributed by atoms with van der Waals surface area (Å²) in [7, 11) is 0. The third kappa shape index (κ3) is 3.13. The first-order valence-corrected chi connectivity index (χ1v) is 9.19. The number of hydrogen-bond acceptors (Lipinski definition) is 3. The predicted octanol–water partition coefficient (Wildman–Crippen LogP) is 2.90. The second-order valence-electron chi connectivity index (χ2n) is 6.88. The Kier molecular flexibility index (Phi) is 4.51. The lowest BCUT2D eigenvalue weighted by Crippen LogP contribution is -2.41. The number of nitrogens with one attached hydrogen (secondary N) is 1. The molecule has 1 aliphatic heterocycles. The molecule has 0 aliphatic carbocycles. The van der Waals surface area contributed by atoms with Crippen LogP contribution in [0.2, 0.25) is 0 Å². The quantitative estimate of drug-likeness (QED) is 0.773. The van der Waals surface area contributed by atoms with Gasteiger partial charge in [0.2, 0.25) is 5.43 Å². The Morgan fingerprint density at radius 2 is 2.26 bits per heavy atom. The molecule has 0 unspecified atom stereocenters. The van der Waals surface area contributed by atoms with Gasteiger partial charge in [0.05, 0.1) is 0 Å². The number of imidazole rings is 1. The van der Waals surface area contributed by atoms with Crippen LogP contribution >= 0.6 is 0 Å². The molecule has 1 N–H and O–H groups in total. The molecular weight excluding hydrogens is 347 g/mol. The molecule has 140 valence electrons. The van der Waals surface area contributed by atoms with Gasteiger partial charge < -0.3 is 14.5 Å². The summed E-state index contributed by atoms with van der Waals surface area (Å²) in [4.78, 5) is 34.8. The van der Waals surface area contributed by atoms with Crippen molar-refractivity contribution in [1.29, 1.82) is 0 Å². The highest BCUT2D eigenvalue weighted by atomic mass is 19.1. The van der Waals surface area contributed by atoms with E-state index in [0.29, 0.717) is 18.6 Å². The fraction of sp³-hybridized carbons (Fsp3) is 0.350. The third-order valence-electron chi connectivity index (χ3n) is 5.24. The number of piperidine rings is 1. The Labute approximate surface area is 155 Å². The molecule has 1 fully saturated rings. The van der Waals surface area contributed by atoms with Crippen LogP contribution in [0.1, 0.15) is 41.9 Å². The molecule has 0 bridgehead atoms. The van der Waals surface area contributed by atoms with Crippen molar-refractivity contribution in [3.63, 3.8) is 0 Å². The number of hydrogen-bond donors (Lipinski definition) is 1. The number of fused-ring (bicyclic) bond motifs is 1. The molecule has 1 amide bonds. The lowest BCUT2D eigenvalue weighted by atomic mass is 9.96. The molecule has 0 saturated carbocycles. The molecule has 27 heavy (non-hydrogen) atoms. The van der Waals surface area contributed by atoms with E-state index >= 15 is 0 Å². The van der Waals surface area contributed by atoms with E-state index in [1.54, 1.807) is 11.1 Å². The van der Waals surface area contributed by atoms with Gasteiger partial charge in [-0.1, -0.05) is 0 Å². The number of aryl methyl sites for hydroxylation is 1. The zero-order valence-corrected chi connectivity index (χ0v) is 15.1. The second-order valence-corrected chi connectivity index (χ2v) is 6.88. The van der Waals surface area contributed by atoms with E-state index in [1.807, 2.05) is 6.20 Å². The van der Waals surface area contributed by atoms with Crippen molar-refractivity contribution >= 4 is 16.8 Å². The number of halogens is 1. The van der Waals surface area contributed by atoms with Gasteiger partial charge in [0.1, 0.15) is 17.2 Å². The van der Waals surface area contributed by atoms with E-state index in [-0.39, 0.29) is 22.8 Å². The molecule has 4 rings (SSSR count). The fourth-order valence-electron chi connectivity index (χ4n) is 3.84. The maximum absolute atomic E-state index is 13.5. The zero-order valence-electron chi connectivity index (χ0n) is 15.1. The lowest BCUT2D eigenvalue weighted by Gasteiger charge is -2.32. The first-order valence-electron chi connectivity index (χ1n) is 9.19. The Hall–Kier alpha value is -2.96. The van der Waals surface area contributed by atoms with Crippen LogP contribution < -0.4 is 5.43 Å². The molecule has 0 radical (unpaired) electrons. The van der Waals surface area contributed by atoms with Crippen molar-refractivity contribution in [3.8, 4) is 0 Å². The molecule has 2 aromatic heterocycles. The van der Waals surface area contributed by atoms with Crippen molar-refractivity contribution in [2.75, 3.05) is 13.1 Å². The van der Waals surface area contributed by atoms with Crippen LogP contribution in [0.3, 0.4) is 0 Å². The third-order valence-corrected chi connectivity index (χ3v) is 5.24. The van der Waals surface area contributed by atoms with Crippen molar-refractivity contribution in [1.82, 2.24) is 19.4 Å². The Morgan fingerprint density at radius 3 is 3.07 bits per heavy atom. The standard InChI is InChI=1S/C20H21FN4O2/c1-2-24-9-7-22-19(24)13-4-3-8-25(12-13)20(27)16-11-23-17-6-5-14(21)10-15(17)18(16)26/h5-7,9-11,13H,2-4,8,12H2,1H3,(H,23,26)/t13-/m1/s1. The summed E-state index contributed by atoms with van der Waals surface area (Å²) in [6.45, 7) is 4.01. The fourth-order valence-corrected chi connectivity index (χ4v) is 3.84. The van der Waals surface area contributed by atoms with Crippen LogP contribution in [-0.4, -0.2) is 38.4 Å². The van der Waals surface area contributed by atoms with E-state index in [1.165, 1.54) is 24.4 Å². The van der Waals surface area contributed by atoms with Gasteiger partial charge in [0.25, 0.3) is 5.91 Å². The van der Waals surface area contributed by atoms with Gasteiger partial charge in [-0.2, -0.15) is 0 Å². The highest BCUT2D eigenvalue weighted by Gasteiger charge is 2.29. The summed E-state index contributed by atoms with van der Waals surface area (Å²) in [6, 6.07) is 3.95. The molecule has 7 heteroatoms. The van der Waals surface area contributed by atoms with Gasteiger partial charge in [-0.15, -0.1) is 0 Å². The lowest BCUT2D eigenvalue weighted by molar-refractivity contribution is 0.0702. The van der Waals surface area contributed by atoms with Crippen LogP contribution in [-0.2, 0) is 6.54 Å². The molecule has 3 aromatic rings. The normalized spacial score (nSPS) is 17.4. The Morgan fingerprint density at radius 1 is 1.41 bits per heavy atom. The molecule has 1 atom stereocenters. The number of H-pyrrole nitrogens is 1. The SMILES string of the molecule is CCn1ccnc1[C@@H]1CCCN(C(=O)c2c[nH]c3ccc(F)cc3c2=O)C1. The van der Waals surface area contributed by atoms with Gasteiger partial charge in [-0.05, 0) is 38.0 Å². The highest BCUT2D eigenvalue weighted by Crippen LogP contribution is 2.26. The average Bonchev–Trinajstić information content (AvgIpc) is 3.17. The number of aromatic amines is 1. The number of pyridine rings is 1. The molecule has 3 heterocycles.